The molecule has 0 aromatic rings. The van der Waals surface area contributed by atoms with E-state index >= 15 is 0 Å². The van der Waals surface area contributed by atoms with E-state index in [1.54, 1.807) is 6.92 Å². The van der Waals surface area contributed by atoms with Crippen LogP contribution in [0.25, 0.3) is 0 Å². The predicted molar refractivity (Wildman–Crippen MR) is 118 cm³/mol. The summed E-state index contributed by atoms with van der Waals surface area (Å²) in [6.07, 6.45) is 6.42. The molecule has 6 unspecified atom stereocenters. The largest absolute Gasteiger partial charge is 0.462 e. The van der Waals surface area contributed by atoms with Crippen LogP contribution in [0.3, 0.4) is 0 Å². The molecule has 1 heterocycles. The molecule has 7 bridgehead atoms. The van der Waals surface area contributed by atoms with Crippen molar-refractivity contribution in [1.82, 2.24) is 4.90 Å². The number of aliphatic hydroxyl groups is 1. The molecule has 10 atom stereocenters. The highest BCUT2D eigenvalue weighted by atomic mass is 16.5. The first-order valence-corrected chi connectivity index (χ1v) is 12.5. The number of piperidine rings is 1. The zero-order chi connectivity index (χ0) is 24.4. The lowest BCUT2D eigenvalue weighted by Gasteiger charge is -2.66. The number of Topliss-reactive ketones (excluding diaryl/α,β-unsaturated/α-hetero) is 1. The van der Waals surface area contributed by atoms with E-state index in [9.17, 15) is 24.3 Å². The van der Waals surface area contributed by atoms with Crippen molar-refractivity contribution in [2.75, 3.05) is 13.2 Å². The Morgan fingerprint density at radius 2 is 1.88 bits per heavy atom. The van der Waals surface area contributed by atoms with Crippen molar-refractivity contribution < 1.29 is 33.8 Å². The summed E-state index contributed by atoms with van der Waals surface area (Å²) in [7, 11) is 0. The van der Waals surface area contributed by atoms with Crippen LogP contribution in [0.1, 0.15) is 53.4 Å². The van der Waals surface area contributed by atoms with Gasteiger partial charge in [-0.25, -0.2) is 0 Å². The van der Waals surface area contributed by atoms with Crippen LogP contribution in [0.2, 0.25) is 0 Å². The van der Waals surface area contributed by atoms with Crippen LogP contribution in [0.5, 0.6) is 0 Å². The number of fused-ring (bicyclic) bond motifs is 1. The average Bonchev–Trinajstić information content (AvgIpc) is 3.20. The molecular formula is C26H33NO7. The van der Waals surface area contributed by atoms with Gasteiger partial charge in [0.2, 0.25) is 5.91 Å². The number of ether oxygens (including phenoxy) is 2. The molecule has 0 radical (unpaired) electrons. The highest BCUT2D eigenvalue weighted by Gasteiger charge is 2.87. The van der Waals surface area contributed by atoms with Crippen LogP contribution < -0.4 is 0 Å². The van der Waals surface area contributed by atoms with E-state index in [0.29, 0.717) is 19.4 Å². The van der Waals surface area contributed by atoms with E-state index in [-0.39, 0.29) is 59.6 Å². The molecule has 0 aromatic heterocycles. The Morgan fingerprint density at radius 3 is 2.53 bits per heavy atom. The van der Waals surface area contributed by atoms with Crippen molar-refractivity contribution in [1.29, 1.82) is 0 Å². The lowest BCUT2D eigenvalue weighted by Crippen LogP contribution is -2.72. The van der Waals surface area contributed by atoms with Crippen molar-refractivity contribution in [3.05, 3.63) is 12.2 Å². The van der Waals surface area contributed by atoms with Crippen molar-refractivity contribution in [3.63, 3.8) is 0 Å². The van der Waals surface area contributed by atoms with Crippen LogP contribution in [0, 0.1) is 39.9 Å². The van der Waals surface area contributed by atoms with Crippen LogP contribution in [0.4, 0.5) is 0 Å². The minimum atomic E-state index is -1.78. The lowest BCUT2D eigenvalue weighted by molar-refractivity contribution is -0.228. The quantitative estimate of drug-likeness (QED) is 0.492. The van der Waals surface area contributed by atoms with Gasteiger partial charge in [-0.05, 0) is 48.9 Å². The van der Waals surface area contributed by atoms with Gasteiger partial charge >= 0.3 is 11.9 Å². The van der Waals surface area contributed by atoms with Gasteiger partial charge in [-0.15, -0.1) is 0 Å². The smallest absolute Gasteiger partial charge is 0.302 e. The third kappa shape index (κ3) is 2.25. The van der Waals surface area contributed by atoms with Gasteiger partial charge in [0, 0.05) is 44.7 Å². The van der Waals surface area contributed by atoms with Gasteiger partial charge in [0.25, 0.3) is 0 Å². The van der Waals surface area contributed by atoms with Gasteiger partial charge in [-0.2, -0.15) is 0 Å². The summed E-state index contributed by atoms with van der Waals surface area (Å²) in [6, 6.07) is -0.221. The normalized spacial score (nSPS) is 51.3. The number of ketones is 1. The summed E-state index contributed by atoms with van der Waals surface area (Å²) in [5, 5.41) is 11.6. The maximum absolute atomic E-state index is 14.2. The number of allylic oxidation sites excluding steroid dienone is 1. The van der Waals surface area contributed by atoms with E-state index < -0.39 is 28.3 Å². The second kappa shape index (κ2) is 6.50. The fourth-order valence-corrected chi connectivity index (χ4v) is 9.89. The molecule has 1 amide bonds. The Balaban J connectivity index is 1.54. The van der Waals surface area contributed by atoms with Crippen molar-refractivity contribution >= 4 is 23.6 Å². The lowest BCUT2D eigenvalue weighted by atomic mass is 9.40. The zero-order valence-electron chi connectivity index (χ0n) is 20.2. The first-order chi connectivity index (χ1) is 15.9. The zero-order valence-corrected chi connectivity index (χ0v) is 20.2. The molecule has 1 N–H and O–H groups in total. The number of carbonyl (C=O) groups excluding carboxylic acids is 4. The number of rotatable bonds is 3. The first kappa shape index (κ1) is 22.3. The van der Waals surface area contributed by atoms with Crippen LogP contribution in [-0.2, 0) is 28.7 Å². The Hall–Kier alpha value is -2.22. The predicted octanol–water partition coefficient (Wildman–Crippen LogP) is 1.64. The van der Waals surface area contributed by atoms with Crippen LogP contribution >= 0.6 is 0 Å². The molecule has 7 rings (SSSR count). The first-order valence-electron chi connectivity index (χ1n) is 12.5. The molecule has 0 aromatic carbocycles. The van der Waals surface area contributed by atoms with Crippen LogP contribution in [0.15, 0.2) is 12.2 Å². The third-order valence-electron chi connectivity index (χ3n) is 10.7. The van der Waals surface area contributed by atoms with Crippen molar-refractivity contribution in [3.8, 4) is 0 Å². The van der Waals surface area contributed by atoms with Gasteiger partial charge in [-0.3, -0.25) is 19.2 Å². The summed E-state index contributed by atoms with van der Waals surface area (Å²) < 4.78 is 11.2. The maximum Gasteiger partial charge on any atom is 0.302 e. The molecule has 6 aliphatic carbocycles. The molecule has 1 aliphatic heterocycles. The molecule has 2 spiro atoms. The second-order valence-electron chi connectivity index (χ2n) is 12.0. The fraction of sp³-hybridized carbons (Fsp3) is 0.769. The monoisotopic (exact) mass is 471 g/mol. The Kier molecular flexibility index (Phi) is 4.26. The molecule has 34 heavy (non-hydrogen) atoms. The topological polar surface area (TPSA) is 110 Å². The molecule has 7 aliphatic rings. The molecule has 8 heteroatoms. The highest BCUT2D eigenvalue weighted by molar-refractivity contribution is 5.99. The molecular weight excluding hydrogens is 438 g/mol. The van der Waals surface area contributed by atoms with E-state index in [4.69, 9.17) is 9.47 Å². The summed E-state index contributed by atoms with van der Waals surface area (Å²) in [4.78, 5) is 53.0. The van der Waals surface area contributed by atoms with E-state index in [1.807, 2.05) is 17.1 Å². The van der Waals surface area contributed by atoms with E-state index in [0.717, 1.165) is 12.8 Å². The Bertz CT molecular complexity index is 1050. The van der Waals surface area contributed by atoms with Crippen molar-refractivity contribution in [2.24, 2.45) is 39.9 Å². The van der Waals surface area contributed by atoms with E-state index in [1.165, 1.54) is 13.8 Å². The second-order valence-corrected chi connectivity index (χ2v) is 12.0. The van der Waals surface area contributed by atoms with Gasteiger partial charge in [0.15, 0.2) is 11.4 Å². The van der Waals surface area contributed by atoms with Crippen LogP contribution in [-0.4, -0.2) is 64.5 Å². The SMILES string of the molecule is CC(=O)OC[C@@]1(O)C(=O)[C@]23C=CC1CC2C12C(OC(C)=O)CCC4(C)CN(C(C)=O)C1[C@@H]3C[C@H]42. The number of hydrogen-bond acceptors (Lipinski definition) is 7. The Morgan fingerprint density at radius 1 is 1.15 bits per heavy atom. The van der Waals surface area contributed by atoms with Gasteiger partial charge < -0.3 is 19.5 Å². The minimum absolute atomic E-state index is 0.0226. The number of nitrogens with zero attached hydrogens (tertiary/aromatic N) is 1. The number of esters is 2. The number of hydrogen-bond donors (Lipinski definition) is 1. The standard InChI is InChI=1S/C26H33NO7/c1-13(28)27-11-23(4)7-6-20(34-15(3)30)26-18(23)10-17(21(26)27)24-8-5-16(9-19(24)26)25(32,22(24)31)12-33-14(2)29/h5,8,16-21,32H,6-7,9-12H2,1-4H3/t16?,17-,18+,19?,20?,21?,23?,24-,25-,26?/m0/s1. The Labute approximate surface area is 199 Å². The number of amides is 1. The number of carbonyl (C=O) groups is 4. The summed E-state index contributed by atoms with van der Waals surface area (Å²) in [5.74, 6) is -1.75. The van der Waals surface area contributed by atoms with Gasteiger partial charge in [0.1, 0.15) is 12.7 Å². The van der Waals surface area contributed by atoms with Gasteiger partial charge in [-0.1, -0.05) is 19.1 Å². The van der Waals surface area contributed by atoms with E-state index in [2.05, 4.69) is 6.92 Å². The summed E-state index contributed by atoms with van der Waals surface area (Å²) in [5.41, 5.74) is -3.36. The molecule has 8 nitrogen and oxygen atoms in total. The molecule has 4 saturated carbocycles. The summed E-state index contributed by atoms with van der Waals surface area (Å²) >= 11 is 0. The summed E-state index contributed by atoms with van der Waals surface area (Å²) in [6.45, 7) is 6.81. The van der Waals surface area contributed by atoms with Gasteiger partial charge in [0.05, 0.1) is 5.41 Å². The third-order valence-corrected chi connectivity index (χ3v) is 10.7. The minimum Gasteiger partial charge on any atom is -0.462 e. The average molecular weight is 472 g/mol. The molecule has 184 valence electrons. The molecule has 1 saturated heterocycles. The fourth-order valence-electron chi connectivity index (χ4n) is 9.89. The maximum atomic E-state index is 14.2. The van der Waals surface area contributed by atoms with Crippen molar-refractivity contribution in [2.45, 2.75) is 71.1 Å². The highest BCUT2D eigenvalue weighted by Crippen LogP contribution is 2.82. The number of likely N-dealkylation sites (tertiary alicyclic amines) is 1. The molecule has 5 fully saturated rings.